The second-order valence-electron chi connectivity index (χ2n) is 1.31. The molecule has 0 aromatic rings. The summed E-state index contributed by atoms with van der Waals surface area (Å²) >= 11 is 0. The summed E-state index contributed by atoms with van der Waals surface area (Å²) in [6.07, 6.45) is 0. The highest BCUT2D eigenvalue weighted by Gasteiger charge is 1.77. The Morgan fingerprint density at radius 1 is 1.67 bits per heavy atom. The molecule has 0 saturated heterocycles. The average molecular weight is 99.9 g/mol. The van der Waals surface area contributed by atoms with Crippen LogP contribution in [0.5, 0.6) is 0 Å². The standard InChI is InChI=1S/C4H10BP/c1-4(5-2)6-3/h5H,1-3H3. The Bertz CT molecular complexity index is 58.6. The molecule has 0 aliphatic carbocycles. The summed E-state index contributed by atoms with van der Waals surface area (Å²) in [5, 5.41) is 1.56. The molecule has 0 aromatic heterocycles. The zero-order chi connectivity index (χ0) is 4.99. The van der Waals surface area contributed by atoms with Crippen LogP contribution in [0.15, 0.2) is 0 Å². The molecule has 0 rings (SSSR count). The molecule has 0 N–H and O–H groups in total. The monoisotopic (exact) mass is 100 g/mol. The molecule has 0 bridgehead atoms. The van der Waals surface area contributed by atoms with Crippen LogP contribution in [0.2, 0.25) is 6.82 Å². The third-order valence-corrected chi connectivity index (χ3v) is 1.97. The van der Waals surface area contributed by atoms with Crippen LogP contribution in [-0.4, -0.2) is 19.1 Å². The fraction of sp³-hybridized carbons (Fsp3) is 0.750. The van der Waals surface area contributed by atoms with Gasteiger partial charge in [0.25, 0.3) is 0 Å². The van der Waals surface area contributed by atoms with Crippen LogP contribution in [0, 0.1) is 0 Å². The number of hydrogen-bond acceptors (Lipinski definition) is 0. The highest BCUT2D eigenvalue weighted by molar-refractivity contribution is 7.45. The van der Waals surface area contributed by atoms with Gasteiger partial charge in [0, 0.05) is 0 Å². The molecule has 2 heteroatoms. The Morgan fingerprint density at radius 2 is 2.17 bits per heavy atom. The lowest BCUT2D eigenvalue weighted by Gasteiger charge is -1.81. The first kappa shape index (κ1) is 6.23. The molecule has 0 radical (unpaired) electrons. The molecule has 0 saturated carbocycles. The Kier molecular flexibility index (Phi) is 3.56. The van der Waals surface area contributed by atoms with Crippen LogP contribution in [0.25, 0.3) is 0 Å². The lowest BCUT2D eigenvalue weighted by molar-refractivity contribution is 2.07. The predicted molar refractivity (Wildman–Crippen MR) is 36.5 cm³/mol. The van der Waals surface area contributed by atoms with E-state index in [1.165, 1.54) is 15.5 Å². The molecule has 0 aliphatic heterocycles. The molecule has 34 valence electrons. The van der Waals surface area contributed by atoms with Crippen LogP contribution >= 0.6 is 8.20 Å². The van der Waals surface area contributed by atoms with Gasteiger partial charge in [0.15, 0.2) is 7.28 Å². The summed E-state index contributed by atoms with van der Waals surface area (Å²) in [7, 11) is 2.68. The SMILES string of the molecule is CB/C(C)=P/C. The molecule has 0 aliphatic rings. The van der Waals surface area contributed by atoms with Crippen molar-refractivity contribution in [2.24, 2.45) is 0 Å². The summed E-state index contributed by atoms with van der Waals surface area (Å²) in [5.74, 6) is 0. The van der Waals surface area contributed by atoms with E-state index in [9.17, 15) is 0 Å². The van der Waals surface area contributed by atoms with Gasteiger partial charge in [0.2, 0.25) is 0 Å². The van der Waals surface area contributed by atoms with Gasteiger partial charge in [-0.3, -0.25) is 0 Å². The van der Waals surface area contributed by atoms with E-state index in [2.05, 4.69) is 20.4 Å². The summed E-state index contributed by atoms with van der Waals surface area (Å²) in [6.45, 7) is 6.53. The Labute approximate surface area is 42.0 Å². The Morgan fingerprint density at radius 3 is 2.17 bits per heavy atom. The van der Waals surface area contributed by atoms with Crippen molar-refractivity contribution in [3.63, 3.8) is 0 Å². The zero-order valence-electron chi connectivity index (χ0n) is 4.65. The molecule has 0 aromatic carbocycles. The molecule has 0 spiro atoms. The smallest absolute Gasteiger partial charge is 0.119 e. The lowest BCUT2D eigenvalue weighted by atomic mass is 9.79. The minimum atomic E-state index is 1.23. The van der Waals surface area contributed by atoms with Crippen LogP contribution in [0.3, 0.4) is 0 Å². The lowest BCUT2D eigenvalue weighted by Crippen LogP contribution is -1.92. The molecular formula is C4H10BP. The highest BCUT2D eigenvalue weighted by atomic mass is 31.1. The van der Waals surface area contributed by atoms with E-state index < -0.39 is 0 Å². The fourth-order valence-corrected chi connectivity index (χ4v) is 0.474. The largest absolute Gasteiger partial charge is 0.154 e. The second kappa shape index (κ2) is 3.43. The van der Waals surface area contributed by atoms with Crippen LogP contribution in [-0.2, 0) is 0 Å². The van der Waals surface area contributed by atoms with E-state index in [0.717, 1.165) is 0 Å². The van der Waals surface area contributed by atoms with Crippen molar-refractivity contribution in [3.05, 3.63) is 0 Å². The predicted octanol–water partition coefficient (Wildman–Crippen LogP) is 1.20. The van der Waals surface area contributed by atoms with Crippen molar-refractivity contribution in [3.8, 4) is 0 Å². The Balaban J connectivity index is 3.22. The molecule has 0 nitrogen and oxygen atoms in total. The maximum atomic E-state index is 2.19. The topological polar surface area (TPSA) is 0 Å². The highest BCUT2D eigenvalue weighted by Crippen LogP contribution is 1.87. The summed E-state index contributed by atoms with van der Waals surface area (Å²) in [6, 6.07) is 0. The van der Waals surface area contributed by atoms with Gasteiger partial charge in [0.1, 0.15) is 0 Å². The quantitative estimate of drug-likeness (QED) is 0.343. The van der Waals surface area contributed by atoms with Crippen molar-refractivity contribution >= 4 is 20.7 Å². The summed E-state index contributed by atoms with van der Waals surface area (Å²) in [4.78, 5) is 0. The first-order valence-electron chi connectivity index (χ1n) is 2.23. The van der Waals surface area contributed by atoms with Gasteiger partial charge in [-0.1, -0.05) is 12.0 Å². The molecule has 0 atom stereocenters. The normalized spacial score (nSPS) is 11.5. The summed E-state index contributed by atoms with van der Waals surface area (Å²) in [5.41, 5.74) is 0. The third kappa shape index (κ3) is 2.47. The first-order valence-corrected chi connectivity index (χ1v) is 3.57. The van der Waals surface area contributed by atoms with E-state index in [0.29, 0.717) is 0 Å². The van der Waals surface area contributed by atoms with Gasteiger partial charge < -0.3 is 0 Å². The van der Waals surface area contributed by atoms with Crippen LogP contribution in [0.1, 0.15) is 6.92 Å². The Hall–Kier alpha value is 0.235. The molecule has 0 amide bonds. The van der Waals surface area contributed by atoms with Gasteiger partial charge in [-0.05, 0) is 13.6 Å². The van der Waals surface area contributed by atoms with Crippen molar-refractivity contribution in [1.29, 1.82) is 0 Å². The average Bonchev–Trinajstić information content (AvgIpc) is 1.65. The number of hydrogen-bond donors (Lipinski definition) is 0. The fourth-order valence-electron chi connectivity index (χ4n) is 0.158. The molecular weight excluding hydrogens is 89.8 g/mol. The van der Waals surface area contributed by atoms with Gasteiger partial charge in [-0.15, -0.1) is 8.20 Å². The second-order valence-corrected chi connectivity index (χ2v) is 2.52. The van der Waals surface area contributed by atoms with Crippen molar-refractivity contribution in [1.82, 2.24) is 0 Å². The van der Waals surface area contributed by atoms with Crippen molar-refractivity contribution in [2.45, 2.75) is 13.7 Å². The van der Waals surface area contributed by atoms with Crippen LogP contribution in [0.4, 0.5) is 0 Å². The van der Waals surface area contributed by atoms with Gasteiger partial charge in [-0.25, -0.2) is 0 Å². The molecule has 0 heterocycles. The van der Waals surface area contributed by atoms with E-state index in [4.69, 9.17) is 0 Å². The van der Waals surface area contributed by atoms with E-state index in [-0.39, 0.29) is 0 Å². The van der Waals surface area contributed by atoms with E-state index >= 15 is 0 Å². The van der Waals surface area contributed by atoms with Gasteiger partial charge in [0.05, 0.1) is 0 Å². The molecule has 0 unspecified atom stereocenters. The minimum absolute atomic E-state index is 1.23. The van der Waals surface area contributed by atoms with Crippen molar-refractivity contribution in [2.75, 3.05) is 6.66 Å². The zero-order valence-corrected chi connectivity index (χ0v) is 5.55. The number of rotatable bonds is 1. The third-order valence-electron chi connectivity index (χ3n) is 0.893. The first-order chi connectivity index (χ1) is 2.81. The van der Waals surface area contributed by atoms with E-state index in [1.54, 1.807) is 5.19 Å². The maximum absolute atomic E-state index is 2.19. The van der Waals surface area contributed by atoms with Crippen LogP contribution < -0.4 is 0 Å². The van der Waals surface area contributed by atoms with Gasteiger partial charge >= 0.3 is 0 Å². The van der Waals surface area contributed by atoms with Crippen molar-refractivity contribution < 1.29 is 0 Å². The summed E-state index contributed by atoms with van der Waals surface area (Å²) < 4.78 is 0. The molecule has 0 fully saturated rings. The van der Waals surface area contributed by atoms with E-state index in [1.807, 2.05) is 0 Å². The maximum Gasteiger partial charge on any atom is 0.154 e. The molecule has 6 heavy (non-hydrogen) atoms. The minimum Gasteiger partial charge on any atom is -0.119 e. The van der Waals surface area contributed by atoms with Gasteiger partial charge in [-0.2, -0.15) is 0 Å².